The van der Waals surface area contributed by atoms with Gasteiger partial charge in [-0.3, -0.25) is 4.79 Å². The van der Waals surface area contributed by atoms with Crippen molar-refractivity contribution < 1.29 is 23.1 Å². The van der Waals surface area contributed by atoms with Crippen LogP contribution in [0.15, 0.2) is 66.1 Å². The molecule has 244 valence electrons. The van der Waals surface area contributed by atoms with Gasteiger partial charge < -0.3 is 14.7 Å². The fourth-order valence-electron chi connectivity index (χ4n) is 8.04. The fourth-order valence-corrected chi connectivity index (χ4v) is 10.8. The zero-order valence-corrected chi connectivity index (χ0v) is 28.4. The maximum absolute atomic E-state index is 13.9. The number of allylic oxidation sites excluding steroid dienone is 1. The van der Waals surface area contributed by atoms with E-state index in [1.165, 1.54) is 22.5 Å². The zero-order valence-electron chi connectivity index (χ0n) is 26.0. The highest BCUT2D eigenvalue weighted by Gasteiger charge is 2.44. The summed E-state index contributed by atoms with van der Waals surface area (Å²) in [5.74, 6) is 0.144. The summed E-state index contributed by atoms with van der Waals surface area (Å²) >= 11 is 7.92. The summed E-state index contributed by atoms with van der Waals surface area (Å²) in [6, 6.07) is 15.3. The lowest BCUT2D eigenvalue weighted by Gasteiger charge is -2.45. The fraction of sp³-hybridized carbons (Fsp3) is 0.472. The van der Waals surface area contributed by atoms with Gasteiger partial charge in [-0.15, -0.1) is 11.3 Å². The number of aliphatic hydroxyl groups excluding tert-OH is 1. The van der Waals surface area contributed by atoms with Gasteiger partial charge in [0.15, 0.2) is 0 Å². The monoisotopic (exact) mass is 680 g/mol. The van der Waals surface area contributed by atoms with Crippen molar-refractivity contribution in [2.45, 2.75) is 68.6 Å². The van der Waals surface area contributed by atoms with Gasteiger partial charge in [-0.25, -0.2) is 13.1 Å². The number of anilines is 1. The lowest BCUT2D eigenvalue weighted by molar-refractivity contribution is 0.0456. The number of rotatable bonds is 2. The third-order valence-electron chi connectivity index (χ3n) is 10.8. The molecule has 1 saturated carbocycles. The first-order valence-electron chi connectivity index (χ1n) is 16.4. The second-order valence-electron chi connectivity index (χ2n) is 13.7. The van der Waals surface area contributed by atoms with Gasteiger partial charge in [-0.1, -0.05) is 42.8 Å². The molecular weight excluding hydrogens is 640 g/mol. The number of hydrogen-bond acceptors (Lipinski definition) is 7. The smallest absolute Gasteiger partial charge is 0.264 e. The first kappa shape index (κ1) is 31.7. The molecule has 2 aliphatic carbocycles. The topological polar surface area (TPSA) is 95.9 Å². The number of benzene rings is 2. The van der Waals surface area contributed by atoms with Crippen molar-refractivity contribution in [3.63, 3.8) is 0 Å². The number of aryl methyl sites for hydroxylation is 1. The van der Waals surface area contributed by atoms with Gasteiger partial charge in [0.1, 0.15) is 5.75 Å². The second-order valence-corrected chi connectivity index (χ2v) is 17.1. The molecule has 1 aromatic heterocycles. The van der Waals surface area contributed by atoms with Crippen molar-refractivity contribution in [1.82, 2.24) is 4.72 Å². The lowest BCUT2D eigenvalue weighted by Crippen LogP contribution is -2.49. The molecule has 3 heterocycles. The molecule has 2 aliphatic heterocycles. The van der Waals surface area contributed by atoms with Gasteiger partial charge >= 0.3 is 0 Å². The molecule has 0 radical (unpaired) electrons. The number of amides is 1. The van der Waals surface area contributed by atoms with Crippen LogP contribution in [0.2, 0.25) is 5.02 Å². The first-order valence-corrected chi connectivity index (χ1v) is 19.2. The Labute approximate surface area is 280 Å². The van der Waals surface area contributed by atoms with E-state index in [9.17, 15) is 18.3 Å². The van der Waals surface area contributed by atoms with Crippen LogP contribution in [0.4, 0.5) is 5.69 Å². The number of halogens is 1. The maximum Gasteiger partial charge on any atom is 0.264 e. The van der Waals surface area contributed by atoms with Crippen molar-refractivity contribution in [3.8, 4) is 5.75 Å². The van der Waals surface area contributed by atoms with E-state index < -0.39 is 27.3 Å². The van der Waals surface area contributed by atoms with Crippen LogP contribution in [-0.4, -0.2) is 50.5 Å². The van der Waals surface area contributed by atoms with E-state index in [1.807, 2.05) is 42.7 Å². The molecule has 1 spiro atoms. The van der Waals surface area contributed by atoms with E-state index in [0.717, 1.165) is 47.7 Å². The maximum atomic E-state index is 13.9. The van der Waals surface area contributed by atoms with Crippen molar-refractivity contribution in [1.29, 1.82) is 0 Å². The average molecular weight is 681 g/mol. The molecule has 0 unspecified atom stereocenters. The SMILES string of the molecule is C[C@H]1C/C=C/[C@H](O)[C@@H]2CC[C@H]2CN2C[C@@]3(CCCc4cc(Cl)ccc43)COc3ccc(cc32)C(=O)NS(=O)(=O)[C@@H]1Cc1cccs1. The van der Waals surface area contributed by atoms with Gasteiger partial charge in [0, 0.05) is 40.4 Å². The number of nitrogens with one attached hydrogen (secondary N) is 1. The number of carbonyl (C=O) groups excluding carboxylic acids is 1. The van der Waals surface area contributed by atoms with E-state index in [0.29, 0.717) is 38.3 Å². The van der Waals surface area contributed by atoms with Gasteiger partial charge in [0.2, 0.25) is 10.0 Å². The van der Waals surface area contributed by atoms with E-state index in [-0.39, 0.29) is 28.7 Å². The van der Waals surface area contributed by atoms with Crippen LogP contribution in [0, 0.1) is 17.8 Å². The molecule has 2 N–H and O–H groups in total. The summed E-state index contributed by atoms with van der Waals surface area (Å²) in [4.78, 5) is 17.0. The Balaban J connectivity index is 1.28. The predicted octanol–water partition coefficient (Wildman–Crippen LogP) is 6.53. The molecule has 4 aliphatic rings. The molecule has 46 heavy (non-hydrogen) atoms. The summed E-state index contributed by atoms with van der Waals surface area (Å²) in [7, 11) is -4.04. The molecule has 0 saturated heterocycles. The Morgan fingerprint density at radius 3 is 2.83 bits per heavy atom. The average Bonchev–Trinajstić information content (AvgIpc) is 3.47. The van der Waals surface area contributed by atoms with Gasteiger partial charge in [0.25, 0.3) is 5.91 Å². The molecule has 2 aromatic carbocycles. The molecular formula is C36H41ClN2O5S2. The predicted molar refractivity (Wildman–Crippen MR) is 184 cm³/mol. The van der Waals surface area contributed by atoms with E-state index in [2.05, 4.69) is 21.8 Å². The number of fused-ring (bicyclic) bond motifs is 4. The standard InChI is InChI=1S/C36H41ClN2O5S2/c1-23-5-2-8-32(40)29-12-9-26(29)20-39-21-36(15-3-6-24-17-27(37)11-13-30(24)36)22-44-33-14-10-25(18-31(33)39)35(41)38-46(42,43)34(23)19-28-7-4-16-45-28/h2,4,7-8,10-11,13-14,16-18,23,26,29,32,34,40H,3,5-6,9,12,15,19-22H2,1H3,(H,38,41)/b8-2+/t23-,26-,29+,32-,34+,36-/m0/s1. The van der Waals surface area contributed by atoms with Crippen molar-refractivity contribution in [3.05, 3.63) is 92.7 Å². The molecule has 1 fully saturated rings. The Bertz CT molecular complexity index is 1740. The highest BCUT2D eigenvalue weighted by Crippen LogP contribution is 2.47. The van der Waals surface area contributed by atoms with E-state index in [1.54, 1.807) is 18.2 Å². The Morgan fingerprint density at radius 2 is 2.04 bits per heavy atom. The number of nitrogens with zero attached hydrogens (tertiary/aromatic N) is 1. The number of carbonyl (C=O) groups is 1. The third kappa shape index (κ3) is 6.12. The van der Waals surface area contributed by atoms with Crippen LogP contribution in [0.25, 0.3) is 0 Å². The second kappa shape index (κ2) is 12.6. The summed E-state index contributed by atoms with van der Waals surface area (Å²) in [5, 5.41) is 13.2. The minimum absolute atomic E-state index is 0.109. The largest absolute Gasteiger partial charge is 0.490 e. The van der Waals surface area contributed by atoms with Crippen LogP contribution in [-0.2, 0) is 28.3 Å². The summed E-state index contributed by atoms with van der Waals surface area (Å²) < 4.78 is 36.7. The molecule has 2 bridgehead atoms. The molecule has 7 nitrogen and oxygen atoms in total. The van der Waals surface area contributed by atoms with Crippen LogP contribution < -0.4 is 14.4 Å². The first-order chi connectivity index (χ1) is 22.1. The molecule has 7 rings (SSSR count). The van der Waals surface area contributed by atoms with E-state index >= 15 is 0 Å². The number of ether oxygens (including phenoxy) is 1. The normalized spacial score (nSPS) is 31.4. The van der Waals surface area contributed by atoms with Crippen LogP contribution in [0.1, 0.15) is 65.4 Å². The Morgan fingerprint density at radius 1 is 1.17 bits per heavy atom. The van der Waals surface area contributed by atoms with Crippen molar-refractivity contribution in [2.75, 3.05) is 24.6 Å². The number of thiophene rings is 1. The van der Waals surface area contributed by atoms with Crippen molar-refractivity contribution >= 4 is 44.6 Å². The van der Waals surface area contributed by atoms with Gasteiger partial charge in [-0.05, 0) is 109 Å². The van der Waals surface area contributed by atoms with Crippen LogP contribution in [0.3, 0.4) is 0 Å². The lowest BCUT2D eigenvalue weighted by atomic mass is 9.68. The molecule has 10 heteroatoms. The van der Waals surface area contributed by atoms with Crippen molar-refractivity contribution in [2.24, 2.45) is 17.8 Å². The van der Waals surface area contributed by atoms with Crippen LogP contribution >= 0.6 is 22.9 Å². The molecule has 6 atom stereocenters. The minimum Gasteiger partial charge on any atom is -0.490 e. The number of aliphatic hydroxyl groups is 1. The van der Waals surface area contributed by atoms with E-state index in [4.69, 9.17) is 16.3 Å². The zero-order chi connectivity index (χ0) is 32.1. The van der Waals surface area contributed by atoms with Gasteiger partial charge in [0.05, 0.1) is 23.6 Å². The summed E-state index contributed by atoms with van der Waals surface area (Å²) in [5.41, 5.74) is 3.30. The summed E-state index contributed by atoms with van der Waals surface area (Å²) in [6.07, 6.45) is 8.86. The highest BCUT2D eigenvalue weighted by molar-refractivity contribution is 7.90. The molecule has 3 aromatic rings. The number of sulfonamides is 1. The minimum atomic E-state index is -4.04. The van der Waals surface area contributed by atoms with Crippen LogP contribution in [0.5, 0.6) is 5.75 Å². The quantitative estimate of drug-likeness (QED) is 0.299. The third-order valence-corrected chi connectivity index (χ3v) is 13.8. The molecule has 1 amide bonds. The van der Waals surface area contributed by atoms with Gasteiger partial charge in [-0.2, -0.15) is 0 Å². The highest BCUT2D eigenvalue weighted by atomic mass is 35.5. The number of hydrogen-bond donors (Lipinski definition) is 2. The Kier molecular flexibility index (Phi) is 8.72. The Hall–Kier alpha value is -2.85. The summed E-state index contributed by atoms with van der Waals surface area (Å²) in [6.45, 7) is 3.79.